The SMILES string of the molecule is Cc1ccc(Br)c(Nc2cncc(N)c2)c1. The Labute approximate surface area is 103 Å². The minimum atomic E-state index is 0.647. The van der Waals surface area contributed by atoms with Crippen LogP contribution < -0.4 is 11.1 Å². The van der Waals surface area contributed by atoms with Crippen LogP contribution in [0.15, 0.2) is 41.1 Å². The molecule has 0 aliphatic carbocycles. The molecule has 0 unspecified atom stereocenters. The van der Waals surface area contributed by atoms with Crippen LogP contribution in [0.4, 0.5) is 17.1 Å². The van der Waals surface area contributed by atoms with Crippen LogP contribution in [0.1, 0.15) is 5.56 Å². The summed E-state index contributed by atoms with van der Waals surface area (Å²) < 4.78 is 1.01. The van der Waals surface area contributed by atoms with Crippen LogP contribution in [0.5, 0.6) is 0 Å². The van der Waals surface area contributed by atoms with Crippen molar-refractivity contribution in [3.05, 3.63) is 46.7 Å². The van der Waals surface area contributed by atoms with Crippen molar-refractivity contribution in [2.24, 2.45) is 0 Å². The minimum Gasteiger partial charge on any atom is -0.397 e. The van der Waals surface area contributed by atoms with E-state index in [0.717, 1.165) is 15.8 Å². The number of benzene rings is 1. The maximum absolute atomic E-state index is 5.67. The van der Waals surface area contributed by atoms with Crippen molar-refractivity contribution in [1.82, 2.24) is 4.98 Å². The zero-order valence-corrected chi connectivity index (χ0v) is 10.5. The van der Waals surface area contributed by atoms with Crippen molar-refractivity contribution >= 4 is 33.0 Å². The molecule has 1 aromatic carbocycles. The van der Waals surface area contributed by atoms with Gasteiger partial charge in [-0.25, -0.2) is 0 Å². The van der Waals surface area contributed by atoms with E-state index in [0.29, 0.717) is 5.69 Å². The Balaban J connectivity index is 2.30. The van der Waals surface area contributed by atoms with E-state index in [2.05, 4.69) is 39.2 Å². The molecule has 4 heteroatoms. The van der Waals surface area contributed by atoms with Crippen LogP contribution >= 0.6 is 15.9 Å². The van der Waals surface area contributed by atoms with Crippen LogP contribution in [0.2, 0.25) is 0 Å². The first-order valence-electron chi connectivity index (χ1n) is 4.89. The highest BCUT2D eigenvalue weighted by molar-refractivity contribution is 9.10. The highest BCUT2D eigenvalue weighted by atomic mass is 79.9. The van der Waals surface area contributed by atoms with Crippen molar-refractivity contribution in [3.8, 4) is 0 Å². The van der Waals surface area contributed by atoms with E-state index in [1.165, 1.54) is 5.56 Å². The molecule has 16 heavy (non-hydrogen) atoms. The second-order valence-corrected chi connectivity index (χ2v) is 4.47. The summed E-state index contributed by atoms with van der Waals surface area (Å²) in [5, 5.41) is 3.26. The van der Waals surface area contributed by atoms with Gasteiger partial charge in [0.2, 0.25) is 0 Å². The Hall–Kier alpha value is -1.55. The minimum absolute atomic E-state index is 0.647. The molecule has 0 aliphatic rings. The highest BCUT2D eigenvalue weighted by Gasteiger charge is 2.01. The normalized spacial score (nSPS) is 10.1. The Kier molecular flexibility index (Phi) is 3.10. The molecule has 1 aromatic heterocycles. The van der Waals surface area contributed by atoms with Gasteiger partial charge in [-0.2, -0.15) is 0 Å². The van der Waals surface area contributed by atoms with Crippen molar-refractivity contribution in [1.29, 1.82) is 0 Å². The number of hydrogen-bond donors (Lipinski definition) is 2. The lowest BCUT2D eigenvalue weighted by atomic mass is 10.2. The smallest absolute Gasteiger partial charge is 0.0591 e. The van der Waals surface area contributed by atoms with E-state index in [4.69, 9.17) is 5.73 Å². The average Bonchev–Trinajstić information content (AvgIpc) is 2.24. The third-order valence-corrected chi connectivity index (χ3v) is 2.85. The van der Waals surface area contributed by atoms with Gasteiger partial charge in [-0.15, -0.1) is 0 Å². The van der Waals surface area contributed by atoms with Crippen molar-refractivity contribution < 1.29 is 0 Å². The van der Waals surface area contributed by atoms with Gasteiger partial charge in [0.25, 0.3) is 0 Å². The molecule has 0 saturated heterocycles. The topological polar surface area (TPSA) is 50.9 Å². The molecule has 0 amide bonds. The maximum atomic E-state index is 5.67. The molecule has 0 radical (unpaired) electrons. The van der Waals surface area contributed by atoms with Crippen molar-refractivity contribution in [3.63, 3.8) is 0 Å². The number of pyridine rings is 1. The summed E-state index contributed by atoms with van der Waals surface area (Å²) in [5.74, 6) is 0. The fourth-order valence-electron chi connectivity index (χ4n) is 1.42. The summed E-state index contributed by atoms with van der Waals surface area (Å²) >= 11 is 3.49. The molecule has 0 atom stereocenters. The first-order chi connectivity index (χ1) is 7.65. The maximum Gasteiger partial charge on any atom is 0.0591 e. The molecule has 2 rings (SSSR count). The standard InChI is InChI=1S/C12H12BrN3/c1-8-2-3-11(13)12(4-8)16-10-5-9(14)6-15-7-10/h2-7,16H,14H2,1H3. The summed E-state index contributed by atoms with van der Waals surface area (Å²) in [6.45, 7) is 2.05. The number of aromatic nitrogens is 1. The molecular formula is C12H12BrN3. The molecule has 82 valence electrons. The van der Waals surface area contributed by atoms with Crippen LogP contribution in [0.25, 0.3) is 0 Å². The predicted octanol–water partition coefficient (Wildman–Crippen LogP) is 3.48. The van der Waals surface area contributed by atoms with Crippen molar-refractivity contribution in [2.75, 3.05) is 11.1 Å². The Bertz CT molecular complexity index is 511. The first-order valence-corrected chi connectivity index (χ1v) is 5.68. The van der Waals surface area contributed by atoms with Crippen LogP contribution in [-0.4, -0.2) is 4.98 Å². The number of nitrogens with two attached hydrogens (primary N) is 1. The fourth-order valence-corrected chi connectivity index (χ4v) is 1.76. The zero-order valence-electron chi connectivity index (χ0n) is 8.87. The number of nitrogens with zero attached hydrogens (tertiary/aromatic N) is 1. The molecule has 1 heterocycles. The largest absolute Gasteiger partial charge is 0.397 e. The predicted molar refractivity (Wildman–Crippen MR) is 70.8 cm³/mol. The van der Waals surface area contributed by atoms with E-state index in [1.807, 2.05) is 18.2 Å². The van der Waals surface area contributed by atoms with Gasteiger partial charge in [0.1, 0.15) is 0 Å². The number of nitrogen functional groups attached to an aromatic ring is 1. The van der Waals surface area contributed by atoms with E-state index in [9.17, 15) is 0 Å². The fraction of sp³-hybridized carbons (Fsp3) is 0.0833. The van der Waals surface area contributed by atoms with Gasteiger partial charge in [-0.3, -0.25) is 4.98 Å². The van der Waals surface area contributed by atoms with Crippen molar-refractivity contribution in [2.45, 2.75) is 6.92 Å². The van der Waals surface area contributed by atoms with Gasteiger partial charge in [-0.1, -0.05) is 6.07 Å². The number of nitrogens with one attached hydrogen (secondary N) is 1. The lowest BCUT2D eigenvalue weighted by molar-refractivity contribution is 1.32. The third-order valence-electron chi connectivity index (χ3n) is 2.16. The average molecular weight is 278 g/mol. The highest BCUT2D eigenvalue weighted by Crippen LogP contribution is 2.26. The number of aryl methyl sites for hydroxylation is 1. The van der Waals surface area contributed by atoms with Crippen LogP contribution in [-0.2, 0) is 0 Å². The summed E-state index contributed by atoms with van der Waals surface area (Å²) in [6, 6.07) is 7.97. The first kappa shape index (κ1) is 11.0. The van der Waals surface area contributed by atoms with E-state index in [1.54, 1.807) is 12.4 Å². The van der Waals surface area contributed by atoms with Crippen LogP contribution in [0, 0.1) is 6.92 Å². The number of hydrogen-bond acceptors (Lipinski definition) is 3. The van der Waals surface area contributed by atoms with Gasteiger partial charge in [0, 0.05) is 10.7 Å². The van der Waals surface area contributed by atoms with Gasteiger partial charge >= 0.3 is 0 Å². The molecule has 0 spiro atoms. The number of anilines is 3. The lowest BCUT2D eigenvalue weighted by Gasteiger charge is -2.09. The third kappa shape index (κ3) is 2.52. The zero-order chi connectivity index (χ0) is 11.5. The Morgan fingerprint density at radius 3 is 2.81 bits per heavy atom. The quantitative estimate of drug-likeness (QED) is 0.884. The Morgan fingerprint density at radius 2 is 2.06 bits per heavy atom. The molecule has 0 bridgehead atoms. The lowest BCUT2D eigenvalue weighted by Crippen LogP contribution is -1.94. The summed E-state index contributed by atoms with van der Waals surface area (Å²) in [5.41, 5.74) is 9.40. The molecule has 3 nitrogen and oxygen atoms in total. The van der Waals surface area contributed by atoms with Gasteiger partial charge in [-0.05, 0) is 46.6 Å². The van der Waals surface area contributed by atoms with E-state index in [-0.39, 0.29) is 0 Å². The summed E-state index contributed by atoms with van der Waals surface area (Å²) in [7, 11) is 0. The summed E-state index contributed by atoms with van der Waals surface area (Å²) in [6.07, 6.45) is 3.36. The molecule has 3 N–H and O–H groups in total. The Morgan fingerprint density at radius 1 is 1.25 bits per heavy atom. The molecular weight excluding hydrogens is 266 g/mol. The van der Waals surface area contributed by atoms with E-state index >= 15 is 0 Å². The molecule has 0 saturated carbocycles. The molecule has 0 fully saturated rings. The van der Waals surface area contributed by atoms with Gasteiger partial charge < -0.3 is 11.1 Å². The second kappa shape index (κ2) is 4.53. The van der Waals surface area contributed by atoms with E-state index < -0.39 is 0 Å². The second-order valence-electron chi connectivity index (χ2n) is 3.62. The van der Waals surface area contributed by atoms with Gasteiger partial charge in [0.15, 0.2) is 0 Å². The number of rotatable bonds is 2. The monoisotopic (exact) mass is 277 g/mol. The summed E-state index contributed by atoms with van der Waals surface area (Å²) in [4.78, 5) is 4.03. The molecule has 0 aliphatic heterocycles. The molecule has 2 aromatic rings. The van der Waals surface area contributed by atoms with Gasteiger partial charge in [0.05, 0.1) is 23.3 Å². The van der Waals surface area contributed by atoms with Crippen LogP contribution in [0.3, 0.4) is 0 Å². The number of halogens is 1.